The van der Waals surface area contributed by atoms with Crippen LogP contribution < -0.4 is 15.4 Å². The van der Waals surface area contributed by atoms with E-state index >= 15 is 0 Å². The van der Waals surface area contributed by atoms with Crippen molar-refractivity contribution in [3.63, 3.8) is 0 Å². The van der Waals surface area contributed by atoms with Crippen LogP contribution in [0.2, 0.25) is 5.02 Å². The number of likely N-dealkylation sites (tertiary alicyclic amines) is 1. The summed E-state index contributed by atoms with van der Waals surface area (Å²) in [6, 6.07) is 7.82. The molecule has 9 heteroatoms. The van der Waals surface area contributed by atoms with Gasteiger partial charge in [0.05, 0.1) is 46.4 Å². The highest BCUT2D eigenvalue weighted by Gasteiger charge is 2.53. The number of aromatic nitrogens is 2. The van der Waals surface area contributed by atoms with Gasteiger partial charge in [-0.15, -0.1) is 6.58 Å². The van der Waals surface area contributed by atoms with Crippen LogP contribution in [0.25, 0.3) is 11.3 Å². The molecule has 1 aromatic carbocycles. The Balaban J connectivity index is 1.29. The van der Waals surface area contributed by atoms with E-state index in [1.54, 1.807) is 25.6 Å². The number of hydrogen-bond donors (Lipinski definition) is 3. The smallest absolute Gasteiger partial charge is 0.255 e. The number of halogens is 1. The topological polar surface area (TPSA) is 94.8 Å². The third-order valence-electron chi connectivity index (χ3n) is 8.08. The third-order valence-corrected chi connectivity index (χ3v) is 8.38. The fourth-order valence-electron chi connectivity index (χ4n) is 6.03. The molecule has 3 aromatic rings. The number of nitrogens with one attached hydrogen (secondary N) is 3. The van der Waals surface area contributed by atoms with E-state index in [1.165, 1.54) is 0 Å². The van der Waals surface area contributed by atoms with Crippen molar-refractivity contribution in [2.75, 3.05) is 19.0 Å². The van der Waals surface area contributed by atoms with Gasteiger partial charge in [0, 0.05) is 42.7 Å². The summed E-state index contributed by atoms with van der Waals surface area (Å²) in [7, 11) is 1.57. The summed E-state index contributed by atoms with van der Waals surface area (Å²) in [5.41, 5.74) is 5.13. The Morgan fingerprint density at radius 3 is 3.00 bits per heavy atom. The first-order chi connectivity index (χ1) is 19.6. The van der Waals surface area contributed by atoms with Crippen LogP contribution in [0.1, 0.15) is 28.0 Å². The summed E-state index contributed by atoms with van der Waals surface area (Å²) < 4.78 is 11.4. The maximum atomic E-state index is 13.1. The van der Waals surface area contributed by atoms with Crippen molar-refractivity contribution >= 4 is 28.9 Å². The number of ether oxygens (including phenoxy) is 2. The molecular weight excluding hydrogens is 526 g/mol. The van der Waals surface area contributed by atoms with Crippen LogP contribution in [0.3, 0.4) is 0 Å². The molecule has 2 fully saturated rings. The van der Waals surface area contributed by atoms with Crippen molar-refractivity contribution in [1.29, 1.82) is 0 Å². The Kier molecular flexibility index (Phi) is 6.16. The molecule has 3 aliphatic heterocycles. The number of carbonyl (C=O) groups is 1. The molecular formula is C31H28ClN5O3. The molecule has 3 N–H and O–H groups in total. The molecule has 5 heterocycles. The van der Waals surface area contributed by atoms with Crippen LogP contribution in [0.4, 0.5) is 11.4 Å². The van der Waals surface area contributed by atoms with E-state index in [1.807, 2.05) is 24.3 Å². The molecule has 0 radical (unpaired) electrons. The third kappa shape index (κ3) is 4.09. The highest BCUT2D eigenvalue weighted by Crippen LogP contribution is 2.45. The fourth-order valence-corrected chi connectivity index (χ4v) is 6.28. The highest BCUT2D eigenvalue weighted by molar-refractivity contribution is 6.32. The summed E-state index contributed by atoms with van der Waals surface area (Å²) in [4.78, 5) is 23.3. The summed E-state index contributed by atoms with van der Waals surface area (Å²) in [5.74, 6) is 7.81. The van der Waals surface area contributed by atoms with Crippen LogP contribution in [0.15, 0.2) is 61.5 Å². The van der Waals surface area contributed by atoms with E-state index in [4.69, 9.17) is 21.1 Å². The highest BCUT2D eigenvalue weighted by atomic mass is 35.5. The molecule has 0 saturated carbocycles. The second-order valence-electron chi connectivity index (χ2n) is 10.3. The molecule has 2 unspecified atom stereocenters. The largest absolute Gasteiger partial charge is 0.493 e. The molecule has 0 spiro atoms. The summed E-state index contributed by atoms with van der Waals surface area (Å²) in [5, 5.41) is 6.88. The maximum Gasteiger partial charge on any atom is 0.255 e. The molecule has 4 aliphatic rings. The van der Waals surface area contributed by atoms with Gasteiger partial charge in [0.15, 0.2) is 5.75 Å². The second kappa shape index (κ2) is 9.86. The van der Waals surface area contributed by atoms with E-state index in [2.05, 4.69) is 56.1 Å². The monoisotopic (exact) mass is 553 g/mol. The Bertz CT molecular complexity index is 1620. The number of aromatic amines is 1. The number of para-hydroxylation sites is 1. The average molecular weight is 554 g/mol. The number of H-pyrrole nitrogens is 1. The number of rotatable bonds is 6. The lowest BCUT2D eigenvalue weighted by atomic mass is 9.89. The minimum atomic E-state index is -0.139. The zero-order valence-corrected chi connectivity index (χ0v) is 22.7. The normalized spacial score (nSPS) is 26.1. The van der Waals surface area contributed by atoms with Crippen molar-refractivity contribution in [3.8, 4) is 28.8 Å². The zero-order chi connectivity index (χ0) is 27.4. The van der Waals surface area contributed by atoms with Gasteiger partial charge in [0.25, 0.3) is 5.91 Å². The lowest BCUT2D eigenvalue weighted by Crippen LogP contribution is -2.41. The fraction of sp³-hybridized carbons (Fsp3) is 0.290. The van der Waals surface area contributed by atoms with Gasteiger partial charge in [-0.3, -0.25) is 14.7 Å². The average Bonchev–Trinajstić information content (AvgIpc) is 3.57. The predicted molar refractivity (Wildman–Crippen MR) is 154 cm³/mol. The number of pyridine rings is 1. The number of nitrogens with zero attached hydrogens (tertiary/aromatic N) is 2. The minimum absolute atomic E-state index is 0.0299. The first kappa shape index (κ1) is 25.0. The quantitative estimate of drug-likeness (QED) is 0.233. The van der Waals surface area contributed by atoms with Crippen molar-refractivity contribution in [1.82, 2.24) is 20.2 Å². The molecule has 0 bridgehead atoms. The first-order valence-corrected chi connectivity index (χ1v) is 13.8. The van der Waals surface area contributed by atoms with E-state index < -0.39 is 0 Å². The van der Waals surface area contributed by atoms with Gasteiger partial charge >= 0.3 is 0 Å². The molecule has 2 aromatic heterocycles. The Morgan fingerprint density at radius 1 is 1.32 bits per heavy atom. The Hall–Kier alpha value is -4.03. The van der Waals surface area contributed by atoms with Crippen molar-refractivity contribution in [2.45, 2.75) is 37.3 Å². The van der Waals surface area contributed by atoms with E-state index in [0.717, 1.165) is 28.9 Å². The van der Waals surface area contributed by atoms with Crippen molar-refractivity contribution < 1.29 is 14.3 Å². The maximum absolute atomic E-state index is 13.1. The number of epoxide rings is 1. The van der Waals surface area contributed by atoms with E-state index in [9.17, 15) is 4.79 Å². The Morgan fingerprint density at radius 2 is 2.23 bits per heavy atom. The number of methoxy groups -OCH3 is 1. The van der Waals surface area contributed by atoms with Crippen LogP contribution in [0.5, 0.6) is 5.75 Å². The van der Waals surface area contributed by atoms with Gasteiger partial charge in [0.1, 0.15) is 12.3 Å². The van der Waals surface area contributed by atoms with Gasteiger partial charge in [-0.1, -0.05) is 47.7 Å². The summed E-state index contributed by atoms with van der Waals surface area (Å²) >= 11 is 6.41. The second-order valence-corrected chi connectivity index (χ2v) is 10.7. The number of anilines is 2. The Labute approximate surface area is 237 Å². The van der Waals surface area contributed by atoms with E-state index in [0.29, 0.717) is 52.6 Å². The number of hydrogen-bond acceptors (Lipinski definition) is 6. The molecule has 1 amide bonds. The van der Waals surface area contributed by atoms with Crippen LogP contribution in [0, 0.1) is 17.8 Å². The summed E-state index contributed by atoms with van der Waals surface area (Å²) in [6.45, 7) is 4.46. The standard InChI is InChI=1S/C31H28ClN5O3/c1-3-25-31(40-25)37-19(15-17-8-10-24(17)37)9-7-18-16-33-13-11-20(18)27-28(26-22(35-27)12-14-34-30(26)38)36-23-6-4-5-21(32)29(23)39-2/h3-6,8,10-11,13,16-17,19,24-25,31,35-36H,1,12,14-15H2,2H3,(H,34,38)/t17-,19+,24-,25?,31?/m0/s1. The molecule has 8 nitrogen and oxygen atoms in total. The predicted octanol–water partition coefficient (Wildman–Crippen LogP) is 4.66. The number of fused-ring (bicyclic) bond motifs is 2. The SMILES string of the molecule is C=CC1OC1N1[C@H](C#Cc2cnccc2-c2[nH]c3c(c2Nc2cccc(Cl)c2OC)C(=O)NCC3)C[C@@H]2C=C[C@@H]21. The van der Waals surface area contributed by atoms with Gasteiger partial charge in [-0.25, -0.2) is 0 Å². The van der Waals surface area contributed by atoms with Crippen LogP contribution in [-0.4, -0.2) is 58.8 Å². The van der Waals surface area contributed by atoms with Gasteiger partial charge in [-0.05, 0) is 30.5 Å². The molecule has 40 heavy (non-hydrogen) atoms. The molecule has 202 valence electrons. The molecule has 1 aliphatic carbocycles. The number of benzene rings is 1. The first-order valence-electron chi connectivity index (χ1n) is 13.4. The van der Waals surface area contributed by atoms with Crippen LogP contribution in [-0.2, 0) is 11.2 Å². The lowest BCUT2D eigenvalue weighted by molar-refractivity contribution is 0.0947. The molecule has 7 rings (SSSR count). The van der Waals surface area contributed by atoms with Crippen LogP contribution >= 0.6 is 11.6 Å². The lowest BCUT2D eigenvalue weighted by Gasteiger charge is -2.29. The van der Waals surface area contributed by atoms with Crippen molar-refractivity contribution in [3.05, 3.63) is 83.3 Å². The van der Waals surface area contributed by atoms with Crippen molar-refractivity contribution in [2.24, 2.45) is 5.92 Å². The minimum Gasteiger partial charge on any atom is -0.493 e. The van der Waals surface area contributed by atoms with Gasteiger partial charge < -0.3 is 25.1 Å². The summed E-state index contributed by atoms with van der Waals surface area (Å²) in [6.07, 6.45) is 11.6. The zero-order valence-electron chi connectivity index (χ0n) is 21.9. The van der Waals surface area contributed by atoms with Gasteiger partial charge in [0.2, 0.25) is 0 Å². The molecule has 5 atom stereocenters. The number of amides is 1. The van der Waals surface area contributed by atoms with E-state index in [-0.39, 0.29) is 24.3 Å². The van der Waals surface area contributed by atoms with Gasteiger partial charge in [-0.2, -0.15) is 0 Å². The molecule has 2 saturated heterocycles. The number of carbonyl (C=O) groups excluding carboxylic acids is 1.